The molecule has 1 aromatic rings. The number of nitrogens with two attached hydrogens (primary N) is 1. The van der Waals surface area contributed by atoms with E-state index < -0.39 is 0 Å². The summed E-state index contributed by atoms with van der Waals surface area (Å²) < 4.78 is 0. The first-order chi connectivity index (χ1) is 7.38. The van der Waals surface area contributed by atoms with Crippen molar-refractivity contribution in [1.29, 1.82) is 0 Å². The number of nitrogens with zero attached hydrogens (tertiary/aromatic N) is 2. The maximum Gasteiger partial charge on any atom is 0.105 e. The fourth-order valence-electron chi connectivity index (χ4n) is 1.38. The highest BCUT2D eigenvalue weighted by molar-refractivity contribution is 5.98. The molecule has 0 radical (unpaired) electrons. The molecule has 0 fully saturated rings. The third-order valence-corrected chi connectivity index (χ3v) is 2.20. The predicted molar refractivity (Wildman–Crippen MR) is 60.1 cm³/mol. The Morgan fingerprint density at radius 1 is 1.33 bits per heavy atom. The van der Waals surface area contributed by atoms with Crippen molar-refractivity contribution in [2.75, 3.05) is 6.54 Å². The number of unbranched alkanes of at least 4 members (excludes halogenated alkanes) is 2. The lowest BCUT2D eigenvalue weighted by Crippen LogP contribution is -2.04. The van der Waals surface area contributed by atoms with Crippen LogP contribution in [-0.2, 0) is 0 Å². The van der Waals surface area contributed by atoms with E-state index in [0.29, 0.717) is 5.71 Å². The number of oxime groups is 1. The first kappa shape index (κ1) is 11.7. The van der Waals surface area contributed by atoms with Crippen LogP contribution in [0.4, 0.5) is 0 Å². The lowest BCUT2D eigenvalue weighted by atomic mass is 10.1. The molecule has 15 heavy (non-hydrogen) atoms. The van der Waals surface area contributed by atoms with Crippen molar-refractivity contribution in [3.8, 4) is 0 Å². The summed E-state index contributed by atoms with van der Waals surface area (Å²) in [7, 11) is 0. The zero-order valence-corrected chi connectivity index (χ0v) is 8.76. The van der Waals surface area contributed by atoms with Crippen LogP contribution in [0.25, 0.3) is 0 Å². The van der Waals surface area contributed by atoms with Gasteiger partial charge in [-0.2, -0.15) is 0 Å². The van der Waals surface area contributed by atoms with Crippen molar-refractivity contribution in [1.82, 2.24) is 4.98 Å². The Labute approximate surface area is 89.8 Å². The van der Waals surface area contributed by atoms with Gasteiger partial charge in [0.15, 0.2) is 0 Å². The molecule has 0 saturated carbocycles. The maximum atomic E-state index is 8.86. The molecule has 0 saturated heterocycles. The summed E-state index contributed by atoms with van der Waals surface area (Å²) in [5.74, 6) is 0. The summed E-state index contributed by atoms with van der Waals surface area (Å²) in [6.07, 6.45) is 5.49. The second-order valence-electron chi connectivity index (χ2n) is 3.36. The topological polar surface area (TPSA) is 71.5 Å². The molecule has 1 rings (SSSR count). The van der Waals surface area contributed by atoms with Crippen LogP contribution < -0.4 is 5.73 Å². The third kappa shape index (κ3) is 4.08. The molecular weight excluding hydrogens is 190 g/mol. The van der Waals surface area contributed by atoms with Gasteiger partial charge in [-0.3, -0.25) is 4.98 Å². The van der Waals surface area contributed by atoms with Crippen LogP contribution in [0.15, 0.2) is 29.6 Å². The average Bonchev–Trinajstić information content (AvgIpc) is 2.30. The summed E-state index contributed by atoms with van der Waals surface area (Å²) in [5.41, 5.74) is 6.79. The van der Waals surface area contributed by atoms with Crippen LogP contribution in [0, 0.1) is 0 Å². The molecule has 0 bridgehead atoms. The summed E-state index contributed by atoms with van der Waals surface area (Å²) in [4.78, 5) is 4.13. The second-order valence-corrected chi connectivity index (χ2v) is 3.36. The van der Waals surface area contributed by atoms with Crippen molar-refractivity contribution in [3.63, 3.8) is 0 Å². The molecular formula is C11H17N3O. The van der Waals surface area contributed by atoms with E-state index >= 15 is 0 Å². The molecule has 0 atom stereocenters. The fraction of sp³-hybridized carbons (Fsp3) is 0.455. The minimum absolute atomic E-state index is 0.646. The van der Waals surface area contributed by atoms with E-state index in [-0.39, 0.29) is 0 Å². The minimum atomic E-state index is 0.646. The SMILES string of the molecule is NCCCCC/C(=N/O)c1ccccn1. The predicted octanol–water partition coefficient (Wildman–Crippen LogP) is 1.78. The van der Waals surface area contributed by atoms with Crippen LogP contribution in [0.5, 0.6) is 0 Å². The van der Waals surface area contributed by atoms with E-state index in [0.717, 1.165) is 37.9 Å². The third-order valence-electron chi connectivity index (χ3n) is 2.20. The molecule has 0 aliphatic rings. The Balaban J connectivity index is 2.44. The first-order valence-electron chi connectivity index (χ1n) is 5.21. The smallest absolute Gasteiger partial charge is 0.105 e. The van der Waals surface area contributed by atoms with Gasteiger partial charge in [0.1, 0.15) is 5.71 Å². The average molecular weight is 207 g/mol. The van der Waals surface area contributed by atoms with Crippen LogP contribution in [0.1, 0.15) is 31.4 Å². The molecule has 0 spiro atoms. The number of hydrogen-bond donors (Lipinski definition) is 2. The quantitative estimate of drug-likeness (QED) is 0.323. The fourth-order valence-corrected chi connectivity index (χ4v) is 1.38. The van der Waals surface area contributed by atoms with Crippen LogP contribution >= 0.6 is 0 Å². The van der Waals surface area contributed by atoms with Crippen LogP contribution in [-0.4, -0.2) is 22.4 Å². The molecule has 0 unspecified atom stereocenters. The van der Waals surface area contributed by atoms with Gasteiger partial charge in [0.25, 0.3) is 0 Å². The van der Waals surface area contributed by atoms with Gasteiger partial charge in [-0.05, 0) is 37.9 Å². The van der Waals surface area contributed by atoms with Crippen LogP contribution in [0.2, 0.25) is 0 Å². The number of hydrogen-bond acceptors (Lipinski definition) is 4. The van der Waals surface area contributed by atoms with Crippen molar-refractivity contribution < 1.29 is 5.21 Å². The van der Waals surface area contributed by atoms with Crippen molar-refractivity contribution in [2.45, 2.75) is 25.7 Å². The standard InChI is InChI=1S/C11H17N3O/c12-8-4-1-2-7-11(14-15)10-6-3-5-9-13-10/h3,5-6,9,15H,1-2,4,7-8,12H2/b14-11-. The highest BCUT2D eigenvalue weighted by atomic mass is 16.4. The molecule has 4 heteroatoms. The zero-order valence-electron chi connectivity index (χ0n) is 8.76. The monoisotopic (exact) mass is 207 g/mol. The van der Waals surface area contributed by atoms with E-state index in [2.05, 4.69) is 10.1 Å². The number of rotatable bonds is 6. The number of pyridine rings is 1. The molecule has 4 nitrogen and oxygen atoms in total. The van der Waals surface area contributed by atoms with Gasteiger partial charge in [0, 0.05) is 6.20 Å². The van der Waals surface area contributed by atoms with E-state index in [9.17, 15) is 0 Å². The molecule has 1 heterocycles. The van der Waals surface area contributed by atoms with E-state index in [4.69, 9.17) is 10.9 Å². The van der Waals surface area contributed by atoms with Crippen molar-refractivity contribution in [3.05, 3.63) is 30.1 Å². The normalized spacial score (nSPS) is 11.7. The molecule has 0 aliphatic heterocycles. The molecule has 0 aliphatic carbocycles. The Bertz CT molecular complexity index is 298. The van der Waals surface area contributed by atoms with E-state index in [1.807, 2.05) is 18.2 Å². The Morgan fingerprint density at radius 3 is 2.80 bits per heavy atom. The Morgan fingerprint density at radius 2 is 2.20 bits per heavy atom. The van der Waals surface area contributed by atoms with Gasteiger partial charge in [0.2, 0.25) is 0 Å². The van der Waals surface area contributed by atoms with Gasteiger partial charge >= 0.3 is 0 Å². The highest BCUT2D eigenvalue weighted by Gasteiger charge is 2.04. The highest BCUT2D eigenvalue weighted by Crippen LogP contribution is 2.06. The lowest BCUT2D eigenvalue weighted by Gasteiger charge is -2.02. The Hall–Kier alpha value is -1.42. The maximum absolute atomic E-state index is 8.86. The zero-order chi connectivity index (χ0) is 10.9. The van der Waals surface area contributed by atoms with Gasteiger partial charge in [0.05, 0.1) is 5.69 Å². The van der Waals surface area contributed by atoms with Crippen molar-refractivity contribution >= 4 is 5.71 Å². The molecule has 0 aromatic carbocycles. The van der Waals surface area contributed by atoms with Crippen molar-refractivity contribution in [2.24, 2.45) is 10.9 Å². The van der Waals surface area contributed by atoms with Crippen LogP contribution in [0.3, 0.4) is 0 Å². The summed E-state index contributed by atoms with van der Waals surface area (Å²) in [5, 5.41) is 12.1. The Kier molecular flexibility index (Phi) is 5.40. The summed E-state index contributed by atoms with van der Waals surface area (Å²) >= 11 is 0. The molecule has 82 valence electrons. The lowest BCUT2D eigenvalue weighted by molar-refractivity contribution is 0.317. The second kappa shape index (κ2) is 6.95. The summed E-state index contributed by atoms with van der Waals surface area (Å²) in [6, 6.07) is 5.57. The molecule has 1 aromatic heterocycles. The minimum Gasteiger partial charge on any atom is -0.411 e. The number of aromatic nitrogens is 1. The van der Waals surface area contributed by atoms with Gasteiger partial charge in [-0.15, -0.1) is 0 Å². The van der Waals surface area contributed by atoms with Gasteiger partial charge in [-0.25, -0.2) is 0 Å². The first-order valence-corrected chi connectivity index (χ1v) is 5.21. The van der Waals surface area contributed by atoms with E-state index in [1.165, 1.54) is 0 Å². The summed E-state index contributed by atoms with van der Waals surface area (Å²) in [6.45, 7) is 0.717. The molecule has 3 N–H and O–H groups in total. The van der Waals surface area contributed by atoms with E-state index in [1.54, 1.807) is 6.20 Å². The van der Waals surface area contributed by atoms with Gasteiger partial charge in [-0.1, -0.05) is 17.6 Å². The van der Waals surface area contributed by atoms with Gasteiger partial charge < -0.3 is 10.9 Å². The molecule has 0 amide bonds. The largest absolute Gasteiger partial charge is 0.411 e.